The lowest BCUT2D eigenvalue weighted by Gasteiger charge is -2.42. The van der Waals surface area contributed by atoms with E-state index in [1.54, 1.807) is 60.4 Å². The lowest BCUT2D eigenvalue weighted by atomic mass is 10.1. The van der Waals surface area contributed by atoms with Gasteiger partial charge in [0, 0.05) is 73.2 Å². The van der Waals surface area contributed by atoms with Crippen molar-refractivity contribution in [1.82, 2.24) is 39.0 Å². The molecule has 0 fully saturated rings. The van der Waals surface area contributed by atoms with Crippen molar-refractivity contribution in [3.63, 3.8) is 0 Å². The van der Waals surface area contributed by atoms with E-state index in [9.17, 15) is 0 Å². The number of thiophene rings is 2. The Morgan fingerprint density at radius 3 is 1.21 bits per heavy atom. The summed E-state index contributed by atoms with van der Waals surface area (Å²) in [6.45, 7) is 30.4. The number of benzene rings is 2. The molecule has 0 unspecified atom stereocenters. The van der Waals surface area contributed by atoms with Crippen molar-refractivity contribution in [2.24, 2.45) is 0 Å². The van der Waals surface area contributed by atoms with Crippen LogP contribution in [0.1, 0.15) is 108 Å². The van der Waals surface area contributed by atoms with E-state index >= 15 is 0 Å². The quantitative estimate of drug-likeness (QED) is 0.0222. The summed E-state index contributed by atoms with van der Waals surface area (Å²) in [4.78, 5) is 29.0. The van der Waals surface area contributed by atoms with E-state index in [2.05, 4.69) is 161 Å². The van der Waals surface area contributed by atoms with Crippen LogP contribution in [0.3, 0.4) is 0 Å². The molecule has 12 nitrogen and oxygen atoms in total. The normalized spacial score (nSPS) is 12.5. The molecule has 78 heavy (non-hydrogen) atoms. The minimum absolute atomic E-state index is 0.404. The van der Waals surface area contributed by atoms with E-state index in [0.717, 1.165) is 106 Å². The number of methoxy groups -OCH3 is 2. The van der Waals surface area contributed by atoms with E-state index in [4.69, 9.17) is 38.3 Å². The van der Waals surface area contributed by atoms with E-state index in [-0.39, 0.29) is 0 Å². The smallest absolute Gasteiger partial charge is 0.200 e. The van der Waals surface area contributed by atoms with Crippen molar-refractivity contribution in [2.75, 3.05) is 39.9 Å². The van der Waals surface area contributed by atoms with Gasteiger partial charge < -0.3 is 27.5 Å². The molecule has 420 valence electrons. The van der Waals surface area contributed by atoms with E-state index in [1.165, 1.54) is 20.2 Å². The summed E-state index contributed by atoms with van der Waals surface area (Å²) in [6, 6.07) is 21.4. The molecule has 18 heteroatoms. The summed E-state index contributed by atoms with van der Waals surface area (Å²) < 4.78 is 32.0. The van der Waals surface area contributed by atoms with Gasteiger partial charge in [0.1, 0.15) is 25.1 Å². The summed E-state index contributed by atoms with van der Waals surface area (Å²) in [7, 11) is -0.348. The highest BCUT2D eigenvalue weighted by atomic mass is 32.2. The van der Waals surface area contributed by atoms with Crippen molar-refractivity contribution in [3.8, 4) is 45.3 Å². The molecule has 0 radical (unpaired) electrons. The molecular formula is C60H84N8O4S4Si2. The molecule has 0 spiro atoms. The van der Waals surface area contributed by atoms with Gasteiger partial charge in [0.05, 0.1) is 34.2 Å². The Labute approximate surface area is 483 Å². The van der Waals surface area contributed by atoms with Crippen LogP contribution in [0.5, 0.6) is 0 Å². The van der Waals surface area contributed by atoms with Crippen molar-refractivity contribution in [1.29, 1.82) is 0 Å². The molecule has 8 rings (SSSR count). The monoisotopic (exact) mass is 1160 g/mol. The Bertz CT molecular complexity index is 2930. The number of imidazole rings is 2. The van der Waals surface area contributed by atoms with Crippen molar-refractivity contribution in [3.05, 3.63) is 95.5 Å². The second-order valence-electron chi connectivity index (χ2n) is 21.9. The highest BCUT2D eigenvalue weighted by molar-refractivity contribution is 7.98. The van der Waals surface area contributed by atoms with Crippen LogP contribution < -0.4 is 0 Å². The molecular weight excluding hydrogens is 1080 g/mol. The summed E-state index contributed by atoms with van der Waals surface area (Å²) in [5, 5.41) is 8.25. The first-order valence-electron chi connectivity index (χ1n) is 27.6. The predicted molar refractivity (Wildman–Crippen MR) is 336 cm³/mol. The topological polar surface area (TPSA) is 124 Å². The van der Waals surface area contributed by atoms with Gasteiger partial charge in [-0.3, -0.25) is 0 Å². The van der Waals surface area contributed by atoms with Crippen LogP contribution in [-0.4, -0.2) is 95.6 Å². The van der Waals surface area contributed by atoms with Gasteiger partial charge in [-0.1, -0.05) is 131 Å². The molecule has 0 atom stereocenters. The Morgan fingerprint density at radius 1 is 0.500 bits per heavy atom. The number of thioether (sulfide) groups is 2. The number of aromatic nitrogens is 8. The highest BCUT2D eigenvalue weighted by Gasteiger charge is 2.46. The molecule has 0 saturated heterocycles. The second-order valence-corrected chi connectivity index (χ2v) is 36.2. The lowest BCUT2D eigenvalue weighted by molar-refractivity contribution is 0.129. The maximum atomic E-state index is 6.86. The predicted octanol–water partition coefficient (Wildman–Crippen LogP) is 17.3. The maximum absolute atomic E-state index is 6.86. The maximum Gasteiger partial charge on any atom is 0.200 e. The number of fused-ring (bicyclic) bond motifs is 2. The van der Waals surface area contributed by atoms with Crippen LogP contribution in [0.15, 0.2) is 94.1 Å². The number of hydrogen-bond acceptors (Lipinski definition) is 14. The van der Waals surface area contributed by atoms with E-state index < -0.39 is 16.6 Å². The Morgan fingerprint density at radius 2 is 0.872 bits per heavy atom. The molecule has 0 saturated carbocycles. The minimum Gasteiger partial charge on any atom is -0.416 e. The molecule has 6 heterocycles. The summed E-state index contributed by atoms with van der Waals surface area (Å²) >= 11 is 6.58. The SMILES string of the molecule is COCn1c(CCCO[Si](C(C)C)(C(C)C)C(C)C)nc(-c2ccc3ccsc3c2)c1-c1ccnc(SC)n1.COCn1c(CCCO[Si](C(C)C)(C(C)C)C(C)C)nc(-c2ccc3ccsc3c2)c1-c1ccnc(SC)n1. The van der Waals surface area contributed by atoms with Crippen molar-refractivity contribution < 1.29 is 18.3 Å². The van der Waals surface area contributed by atoms with Crippen LogP contribution in [-0.2, 0) is 44.6 Å². The van der Waals surface area contributed by atoms with Crippen LogP contribution in [0, 0.1) is 0 Å². The third-order valence-corrected chi connectivity index (χ3v) is 30.5. The zero-order valence-corrected chi connectivity index (χ0v) is 54.3. The molecule has 0 aliphatic heterocycles. The molecule has 0 aliphatic carbocycles. The third kappa shape index (κ3) is 13.5. The summed E-state index contributed by atoms with van der Waals surface area (Å²) in [6.07, 6.45) is 11.1. The van der Waals surface area contributed by atoms with Crippen LogP contribution >= 0.6 is 46.2 Å². The molecule has 8 aromatic rings. The van der Waals surface area contributed by atoms with Gasteiger partial charge in [-0.2, -0.15) is 0 Å². The van der Waals surface area contributed by atoms with E-state index in [1.807, 2.05) is 37.0 Å². The largest absolute Gasteiger partial charge is 0.416 e. The van der Waals surface area contributed by atoms with Gasteiger partial charge >= 0.3 is 0 Å². The van der Waals surface area contributed by atoms with Gasteiger partial charge in [-0.15, -0.1) is 22.7 Å². The zero-order chi connectivity index (χ0) is 56.3. The first-order chi connectivity index (χ1) is 37.4. The highest BCUT2D eigenvalue weighted by Crippen LogP contribution is 2.44. The van der Waals surface area contributed by atoms with E-state index in [0.29, 0.717) is 46.7 Å². The number of rotatable bonds is 26. The van der Waals surface area contributed by atoms with Crippen LogP contribution in [0.25, 0.3) is 65.5 Å². The molecule has 6 aromatic heterocycles. The molecule has 0 aliphatic rings. The van der Waals surface area contributed by atoms with Crippen molar-refractivity contribution >= 4 is 83.0 Å². The van der Waals surface area contributed by atoms with Gasteiger partial charge in [0.15, 0.2) is 26.9 Å². The van der Waals surface area contributed by atoms with Crippen LogP contribution in [0.2, 0.25) is 33.2 Å². The standard InChI is InChI=1S/2C30H42N4O2S2Si/c2*1-20(2)39(21(3)4,22(5)6)36-16-9-10-27-33-28(24-12-11-23-14-17-38-26(23)18-24)29(34(27)19-35-7)25-13-15-31-30(32-25)37-8/h2*11-15,17-18,20-22H,9-10,16,19H2,1-8H3. The average molecular weight is 1170 g/mol. The first kappa shape index (κ1) is 61.5. The Kier molecular flexibility index (Phi) is 22.1. The third-order valence-electron chi connectivity index (χ3n) is 15.4. The Balaban J connectivity index is 0.000000226. The number of aryl methyl sites for hydroxylation is 2. The van der Waals surface area contributed by atoms with Crippen LogP contribution in [0.4, 0.5) is 0 Å². The number of nitrogens with zero attached hydrogens (tertiary/aromatic N) is 8. The van der Waals surface area contributed by atoms with Gasteiger partial charge in [0.25, 0.3) is 0 Å². The molecule has 0 N–H and O–H groups in total. The number of hydrogen-bond donors (Lipinski definition) is 0. The average Bonchev–Trinajstić information content (AvgIpc) is 4.36. The fraction of sp³-hybridized carbons (Fsp3) is 0.500. The van der Waals surface area contributed by atoms with Crippen molar-refractivity contribution in [2.45, 2.75) is 166 Å². The fourth-order valence-corrected chi connectivity index (χ4v) is 25.5. The second kappa shape index (κ2) is 28.1. The Hall–Kier alpha value is -4.09. The molecule has 0 amide bonds. The fourth-order valence-electron chi connectivity index (χ4n) is 12.1. The summed E-state index contributed by atoms with van der Waals surface area (Å²) in [5.41, 5.74) is 11.1. The summed E-state index contributed by atoms with van der Waals surface area (Å²) in [5.74, 6) is 1.99. The van der Waals surface area contributed by atoms with Gasteiger partial charge in [0.2, 0.25) is 0 Å². The minimum atomic E-state index is -1.91. The molecule has 2 aromatic carbocycles. The first-order valence-corrected chi connectivity index (χ1v) is 36.1. The lowest BCUT2D eigenvalue weighted by Crippen LogP contribution is -2.48. The van der Waals surface area contributed by atoms with Gasteiger partial charge in [-0.05, 0) is 117 Å². The van der Waals surface area contributed by atoms with Gasteiger partial charge in [-0.25, -0.2) is 29.9 Å². The zero-order valence-electron chi connectivity index (χ0n) is 49.0. The number of ether oxygens (including phenoxy) is 2. The molecule has 0 bridgehead atoms.